The van der Waals surface area contributed by atoms with E-state index in [9.17, 15) is 13.6 Å². The normalized spacial score (nSPS) is 10.4. The molecule has 0 aliphatic rings. The van der Waals surface area contributed by atoms with Crippen molar-refractivity contribution >= 4 is 11.7 Å². The third-order valence-electron chi connectivity index (χ3n) is 3.92. The Balaban J connectivity index is 1.44. The van der Waals surface area contributed by atoms with Crippen LogP contribution in [0.1, 0.15) is 6.92 Å². The fourth-order valence-corrected chi connectivity index (χ4v) is 2.52. The average molecular weight is 414 g/mol. The quantitative estimate of drug-likeness (QED) is 0.544. The summed E-state index contributed by atoms with van der Waals surface area (Å²) in [5.74, 6) is -0.304. The summed E-state index contributed by atoms with van der Waals surface area (Å²) in [5.41, 5.74) is 1.32. The predicted octanol–water partition coefficient (Wildman–Crippen LogP) is 4.02. The van der Waals surface area contributed by atoms with Crippen molar-refractivity contribution < 1.29 is 23.0 Å². The van der Waals surface area contributed by atoms with Gasteiger partial charge in [0, 0.05) is 17.7 Å². The van der Waals surface area contributed by atoms with Crippen molar-refractivity contribution in [2.24, 2.45) is 0 Å². The fourth-order valence-electron chi connectivity index (χ4n) is 2.52. The molecule has 2 N–H and O–H groups in total. The summed E-state index contributed by atoms with van der Waals surface area (Å²) in [5, 5.41) is 12.8. The summed E-state index contributed by atoms with van der Waals surface area (Å²) < 4.78 is 37.4. The molecular formula is C21H20F2N4O3. The maximum atomic E-state index is 13.5. The van der Waals surface area contributed by atoms with Gasteiger partial charge in [-0.25, -0.2) is 13.6 Å². The first kappa shape index (κ1) is 21.0. The van der Waals surface area contributed by atoms with Gasteiger partial charge in [-0.05, 0) is 49.4 Å². The summed E-state index contributed by atoms with van der Waals surface area (Å²) in [4.78, 5) is 11.8. The van der Waals surface area contributed by atoms with Crippen LogP contribution in [0.15, 0.2) is 54.6 Å². The second kappa shape index (κ2) is 10.1. The van der Waals surface area contributed by atoms with Crippen LogP contribution in [0.4, 0.5) is 19.3 Å². The molecule has 0 aliphatic heterocycles. The highest BCUT2D eigenvalue weighted by atomic mass is 19.1. The van der Waals surface area contributed by atoms with E-state index in [1.807, 2.05) is 31.2 Å². The molecule has 0 aliphatic carbocycles. The molecule has 0 atom stereocenters. The molecule has 0 saturated carbocycles. The number of rotatable bonds is 8. The zero-order valence-corrected chi connectivity index (χ0v) is 16.2. The molecule has 1 heterocycles. The van der Waals surface area contributed by atoms with Crippen LogP contribution in [0, 0.1) is 11.6 Å². The van der Waals surface area contributed by atoms with E-state index in [2.05, 4.69) is 20.8 Å². The Bertz CT molecular complexity index is 983. The average Bonchev–Trinajstić information content (AvgIpc) is 2.75. The van der Waals surface area contributed by atoms with Crippen LogP contribution in [-0.4, -0.2) is 36.0 Å². The molecule has 2 amide bonds. The van der Waals surface area contributed by atoms with Crippen molar-refractivity contribution in [1.29, 1.82) is 0 Å². The molecule has 1 aromatic heterocycles. The number of nitrogens with one attached hydrogen (secondary N) is 2. The minimum absolute atomic E-state index is 0.121. The molecule has 0 unspecified atom stereocenters. The summed E-state index contributed by atoms with van der Waals surface area (Å²) in [7, 11) is 0. The van der Waals surface area contributed by atoms with Crippen LogP contribution in [0.2, 0.25) is 0 Å². The number of aromatic nitrogens is 2. The van der Waals surface area contributed by atoms with Gasteiger partial charge in [-0.2, -0.15) is 0 Å². The number of benzene rings is 2. The molecule has 0 radical (unpaired) electrons. The van der Waals surface area contributed by atoms with Crippen molar-refractivity contribution in [1.82, 2.24) is 15.5 Å². The summed E-state index contributed by atoms with van der Waals surface area (Å²) in [6.07, 6.45) is 0. The zero-order valence-electron chi connectivity index (χ0n) is 16.2. The Hall–Kier alpha value is -3.75. The van der Waals surface area contributed by atoms with Gasteiger partial charge in [-0.15, -0.1) is 10.2 Å². The molecule has 0 saturated heterocycles. The van der Waals surface area contributed by atoms with Crippen LogP contribution >= 0.6 is 0 Å². The van der Waals surface area contributed by atoms with Gasteiger partial charge in [0.1, 0.15) is 24.0 Å². The minimum Gasteiger partial charge on any atom is -0.494 e. The Morgan fingerprint density at radius 2 is 1.80 bits per heavy atom. The van der Waals surface area contributed by atoms with Crippen molar-refractivity contribution in [2.45, 2.75) is 6.92 Å². The standard InChI is InChI=1S/C21H20F2N4O3/c1-2-29-16-6-3-14(4-7-16)18-9-10-20(27-26-18)30-12-11-24-21(28)25-19-13-15(22)5-8-17(19)23/h3-10,13H,2,11-12H2,1H3,(H2,24,25,28). The summed E-state index contributed by atoms with van der Waals surface area (Å²) >= 11 is 0. The predicted molar refractivity (Wildman–Crippen MR) is 108 cm³/mol. The third-order valence-corrected chi connectivity index (χ3v) is 3.92. The van der Waals surface area contributed by atoms with Gasteiger partial charge in [0.15, 0.2) is 0 Å². The van der Waals surface area contributed by atoms with Crippen molar-refractivity contribution in [3.05, 3.63) is 66.2 Å². The maximum absolute atomic E-state index is 13.5. The number of halogens is 2. The SMILES string of the molecule is CCOc1ccc(-c2ccc(OCCNC(=O)Nc3cc(F)ccc3F)nn2)cc1. The van der Waals surface area contributed by atoms with Crippen LogP contribution in [0.25, 0.3) is 11.3 Å². The first-order valence-corrected chi connectivity index (χ1v) is 9.25. The van der Waals surface area contributed by atoms with Gasteiger partial charge in [-0.1, -0.05) is 0 Å². The molecule has 0 spiro atoms. The van der Waals surface area contributed by atoms with E-state index >= 15 is 0 Å². The third kappa shape index (κ3) is 5.87. The first-order chi connectivity index (χ1) is 14.5. The first-order valence-electron chi connectivity index (χ1n) is 9.25. The van der Waals surface area contributed by atoms with Gasteiger partial charge < -0.3 is 20.1 Å². The number of hydrogen-bond acceptors (Lipinski definition) is 5. The fraction of sp³-hybridized carbons (Fsp3) is 0.190. The minimum atomic E-state index is -0.731. The molecule has 2 aromatic carbocycles. The molecule has 30 heavy (non-hydrogen) atoms. The second-order valence-corrected chi connectivity index (χ2v) is 6.07. The maximum Gasteiger partial charge on any atom is 0.319 e. The van der Waals surface area contributed by atoms with E-state index in [1.54, 1.807) is 12.1 Å². The highest BCUT2D eigenvalue weighted by Gasteiger charge is 2.08. The number of carbonyl (C=O) groups is 1. The topological polar surface area (TPSA) is 85.4 Å². The highest BCUT2D eigenvalue weighted by molar-refractivity contribution is 5.89. The number of ether oxygens (including phenoxy) is 2. The van der Waals surface area contributed by atoms with E-state index < -0.39 is 17.7 Å². The Morgan fingerprint density at radius 3 is 2.50 bits per heavy atom. The lowest BCUT2D eigenvalue weighted by atomic mass is 10.1. The van der Waals surface area contributed by atoms with Crippen LogP contribution < -0.4 is 20.1 Å². The molecule has 9 heteroatoms. The molecule has 3 rings (SSSR count). The van der Waals surface area contributed by atoms with Crippen molar-refractivity contribution in [2.75, 3.05) is 25.1 Å². The smallest absolute Gasteiger partial charge is 0.319 e. The lowest BCUT2D eigenvalue weighted by Crippen LogP contribution is -2.32. The van der Waals surface area contributed by atoms with Gasteiger partial charge in [-0.3, -0.25) is 0 Å². The van der Waals surface area contributed by atoms with Crippen molar-refractivity contribution in [3.8, 4) is 22.9 Å². The van der Waals surface area contributed by atoms with Crippen LogP contribution in [-0.2, 0) is 0 Å². The van der Waals surface area contributed by atoms with E-state index in [4.69, 9.17) is 9.47 Å². The molecule has 0 bridgehead atoms. The van der Waals surface area contributed by atoms with Gasteiger partial charge >= 0.3 is 6.03 Å². The van der Waals surface area contributed by atoms with Gasteiger partial charge in [0.2, 0.25) is 5.88 Å². The number of urea groups is 1. The van der Waals surface area contributed by atoms with Crippen LogP contribution in [0.5, 0.6) is 11.6 Å². The lowest BCUT2D eigenvalue weighted by Gasteiger charge is -2.09. The van der Waals surface area contributed by atoms with E-state index in [0.29, 0.717) is 18.2 Å². The zero-order chi connectivity index (χ0) is 21.3. The van der Waals surface area contributed by atoms with Crippen LogP contribution in [0.3, 0.4) is 0 Å². The molecule has 7 nitrogen and oxygen atoms in total. The summed E-state index contributed by atoms with van der Waals surface area (Å²) in [6, 6.07) is 13.0. The Morgan fingerprint density at radius 1 is 1.00 bits per heavy atom. The molecule has 156 valence electrons. The largest absolute Gasteiger partial charge is 0.494 e. The second-order valence-electron chi connectivity index (χ2n) is 6.07. The summed E-state index contributed by atoms with van der Waals surface area (Å²) in [6.45, 7) is 2.77. The van der Waals surface area contributed by atoms with Gasteiger partial charge in [0.25, 0.3) is 0 Å². The number of amides is 2. The van der Waals surface area contributed by atoms with Gasteiger partial charge in [0.05, 0.1) is 24.5 Å². The Kier molecular flexibility index (Phi) is 7.09. The number of anilines is 1. The lowest BCUT2D eigenvalue weighted by molar-refractivity contribution is 0.246. The van der Waals surface area contributed by atoms with E-state index in [0.717, 1.165) is 29.5 Å². The Labute approximate surface area is 172 Å². The van der Waals surface area contributed by atoms with Crippen molar-refractivity contribution in [3.63, 3.8) is 0 Å². The molecular weight excluding hydrogens is 394 g/mol. The number of hydrogen-bond donors (Lipinski definition) is 2. The monoisotopic (exact) mass is 414 g/mol. The number of carbonyl (C=O) groups excluding carboxylic acids is 1. The van der Waals surface area contributed by atoms with E-state index in [-0.39, 0.29) is 18.8 Å². The highest BCUT2D eigenvalue weighted by Crippen LogP contribution is 2.21. The number of nitrogens with zero attached hydrogens (tertiary/aromatic N) is 2. The van der Waals surface area contributed by atoms with E-state index in [1.165, 1.54) is 0 Å². The molecule has 3 aromatic rings. The molecule has 0 fully saturated rings.